The van der Waals surface area contributed by atoms with Crippen LogP contribution < -0.4 is 10.6 Å². The predicted molar refractivity (Wildman–Crippen MR) is 98.8 cm³/mol. The minimum Gasteiger partial charge on any atom is -0.459 e. The van der Waals surface area contributed by atoms with Gasteiger partial charge in [-0.15, -0.1) is 0 Å². The Morgan fingerprint density at radius 3 is 2.64 bits per heavy atom. The van der Waals surface area contributed by atoms with Crippen LogP contribution in [0.1, 0.15) is 26.6 Å². The number of aromatic nitrogens is 2. The van der Waals surface area contributed by atoms with Crippen LogP contribution in [0, 0.1) is 6.92 Å². The average molecular weight is 380 g/mol. The number of anilines is 2. The molecule has 0 radical (unpaired) electrons. The lowest BCUT2D eigenvalue weighted by atomic mass is 10.1. The van der Waals surface area contributed by atoms with Gasteiger partial charge in [-0.2, -0.15) is 0 Å². The van der Waals surface area contributed by atoms with Gasteiger partial charge >= 0.3 is 5.97 Å². The molecule has 2 amide bonds. The highest BCUT2D eigenvalue weighted by molar-refractivity contribution is 6.07. The molecule has 2 aromatic heterocycles. The summed E-state index contributed by atoms with van der Waals surface area (Å²) < 4.78 is 10.0. The van der Waals surface area contributed by atoms with Crippen LogP contribution in [0.3, 0.4) is 0 Å². The van der Waals surface area contributed by atoms with E-state index in [0.717, 1.165) is 0 Å². The van der Waals surface area contributed by atoms with Crippen molar-refractivity contribution in [3.63, 3.8) is 0 Å². The smallest absolute Gasteiger partial charge is 0.340 e. The number of esters is 1. The maximum absolute atomic E-state index is 12.3. The second kappa shape index (κ2) is 8.58. The highest BCUT2D eigenvalue weighted by Gasteiger charge is 2.17. The van der Waals surface area contributed by atoms with Gasteiger partial charge in [0.2, 0.25) is 5.95 Å². The Morgan fingerprint density at radius 2 is 1.89 bits per heavy atom. The molecule has 0 spiro atoms. The first-order valence-corrected chi connectivity index (χ1v) is 8.23. The monoisotopic (exact) mass is 380 g/mol. The van der Waals surface area contributed by atoms with Crippen LogP contribution >= 0.6 is 0 Å². The molecule has 0 atom stereocenters. The number of carbonyl (C=O) groups is 3. The highest BCUT2D eigenvalue weighted by atomic mass is 16.5. The van der Waals surface area contributed by atoms with Crippen molar-refractivity contribution in [2.24, 2.45) is 0 Å². The van der Waals surface area contributed by atoms with Crippen LogP contribution in [0.5, 0.6) is 0 Å². The normalized spacial score (nSPS) is 10.2. The van der Waals surface area contributed by atoms with E-state index in [2.05, 4.69) is 20.6 Å². The number of benzene rings is 1. The number of carbonyl (C=O) groups excluding carboxylic acids is 3. The molecule has 2 heterocycles. The number of ether oxygens (including phenoxy) is 1. The van der Waals surface area contributed by atoms with Crippen molar-refractivity contribution in [1.82, 2.24) is 9.97 Å². The van der Waals surface area contributed by atoms with Gasteiger partial charge in [0.1, 0.15) is 0 Å². The van der Waals surface area contributed by atoms with E-state index in [1.54, 1.807) is 31.2 Å². The van der Waals surface area contributed by atoms with Crippen molar-refractivity contribution in [3.05, 3.63) is 71.9 Å². The predicted octanol–water partition coefficient (Wildman–Crippen LogP) is 2.43. The summed E-state index contributed by atoms with van der Waals surface area (Å²) in [7, 11) is 0. The lowest BCUT2D eigenvalue weighted by Crippen LogP contribution is -2.23. The van der Waals surface area contributed by atoms with E-state index in [9.17, 15) is 14.4 Å². The number of furan rings is 1. The van der Waals surface area contributed by atoms with Gasteiger partial charge in [0.15, 0.2) is 12.4 Å². The molecule has 9 heteroatoms. The fourth-order valence-corrected chi connectivity index (χ4v) is 2.24. The summed E-state index contributed by atoms with van der Waals surface area (Å²) in [6.07, 6.45) is 2.87. The number of nitrogens with zero attached hydrogens (tertiary/aromatic N) is 2. The maximum Gasteiger partial charge on any atom is 0.340 e. The molecule has 0 saturated carbocycles. The van der Waals surface area contributed by atoms with Crippen LogP contribution in [-0.2, 0) is 9.53 Å². The fraction of sp³-hybridized carbons (Fsp3) is 0.105. The van der Waals surface area contributed by atoms with Crippen LogP contribution in [0.15, 0.2) is 59.3 Å². The Bertz CT molecular complexity index is 1000. The van der Waals surface area contributed by atoms with Crippen molar-refractivity contribution < 1.29 is 23.5 Å². The van der Waals surface area contributed by atoms with E-state index in [1.165, 1.54) is 30.7 Å². The van der Waals surface area contributed by atoms with Gasteiger partial charge in [-0.05, 0) is 37.3 Å². The zero-order chi connectivity index (χ0) is 19.9. The summed E-state index contributed by atoms with van der Waals surface area (Å²) in [6.45, 7) is 1.22. The van der Waals surface area contributed by atoms with Crippen molar-refractivity contribution >= 4 is 29.4 Å². The maximum atomic E-state index is 12.3. The number of nitrogens with one attached hydrogen (secondary N) is 2. The molecule has 0 fully saturated rings. The molecule has 0 bridgehead atoms. The van der Waals surface area contributed by atoms with Gasteiger partial charge in [0, 0.05) is 11.9 Å². The molecule has 0 aliphatic rings. The van der Waals surface area contributed by atoms with Crippen LogP contribution in [0.4, 0.5) is 11.6 Å². The summed E-state index contributed by atoms with van der Waals surface area (Å²) in [5.74, 6) is -1.65. The van der Waals surface area contributed by atoms with E-state index in [-0.39, 0.29) is 23.0 Å². The van der Waals surface area contributed by atoms with Crippen LogP contribution in [0.25, 0.3) is 0 Å². The Morgan fingerprint density at radius 1 is 1.07 bits per heavy atom. The third-order valence-electron chi connectivity index (χ3n) is 3.52. The number of hydrogen-bond acceptors (Lipinski definition) is 7. The standard InChI is InChI=1S/C19H16N4O5/c1-12-8-9-20-19(21-12)23-16(24)11-28-18(26)13-5-2-3-6-14(13)22-17(25)15-7-4-10-27-15/h2-10H,11H2,1H3,(H,22,25)(H,20,21,23,24). The van der Waals surface area contributed by atoms with E-state index in [4.69, 9.17) is 9.15 Å². The molecular formula is C19H16N4O5. The zero-order valence-electron chi connectivity index (χ0n) is 14.8. The Kier molecular flexibility index (Phi) is 5.75. The van der Waals surface area contributed by atoms with Gasteiger partial charge < -0.3 is 14.5 Å². The first-order valence-electron chi connectivity index (χ1n) is 8.23. The summed E-state index contributed by atoms with van der Waals surface area (Å²) in [5.41, 5.74) is 1.02. The third kappa shape index (κ3) is 4.79. The van der Waals surface area contributed by atoms with Crippen LogP contribution in [-0.4, -0.2) is 34.4 Å². The molecule has 0 aliphatic carbocycles. The second-order valence-electron chi connectivity index (χ2n) is 5.62. The zero-order valence-corrected chi connectivity index (χ0v) is 14.8. The topological polar surface area (TPSA) is 123 Å². The highest BCUT2D eigenvalue weighted by Crippen LogP contribution is 2.17. The summed E-state index contributed by atoms with van der Waals surface area (Å²) in [6, 6.07) is 11.0. The first-order chi connectivity index (χ1) is 13.5. The number of rotatable bonds is 6. The Balaban J connectivity index is 1.61. The number of para-hydroxylation sites is 1. The van der Waals surface area contributed by atoms with E-state index in [1.807, 2.05) is 0 Å². The van der Waals surface area contributed by atoms with Crippen LogP contribution in [0.2, 0.25) is 0 Å². The van der Waals surface area contributed by atoms with E-state index in [0.29, 0.717) is 5.69 Å². The summed E-state index contributed by atoms with van der Waals surface area (Å²) >= 11 is 0. The number of hydrogen-bond donors (Lipinski definition) is 2. The molecule has 9 nitrogen and oxygen atoms in total. The molecule has 1 aromatic carbocycles. The molecule has 28 heavy (non-hydrogen) atoms. The minimum atomic E-state index is -0.768. The van der Waals surface area contributed by atoms with E-state index < -0.39 is 24.4 Å². The fourth-order valence-electron chi connectivity index (χ4n) is 2.24. The quantitative estimate of drug-likeness (QED) is 0.629. The van der Waals surface area contributed by atoms with Gasteiger partial charge in [0.05, 0.1) is 17.5 Å². The Hall–Kier alpha value is -4.01. The summed E-state index contributed by atoms with van der Waals surface area (Å²) in [5, 5.41) is 5.01. The second-order valence-corrected chi connectivity index (χ2v) is 5.62. The largest absolute Gasteiger partial charge is 0.459 e. The molecule has 3 rings (SSSR count). The van der Waals surface area contributed by atoms with Gasteiger partial charge in [-0.25, -0.2) is 14.8 Å². The SMILES string of the molecule is Cc1ccnc(NC(=O)COC(=O)c2ccccc2NC(=O)c2ccco2)n1. The molecule has 3 aromatic rings. The molecular weight excluding hydrogens is 364 g/mol. The molecule has 0 unspecified atom stereocenters. The van der Waals surface area contributed by atoms with Gasteiger partial charge in [-0.3, -0.25) is 14.9 Å². The molecule has 2 N–H and O–H groups in total. The lowest BCUT2D eigenvalue weighted by molar-refractivity contribution is -0.119. The molecule has 0 aliphatic heterocycles. The van der Waals surface area contributed by atoms with Crippen molar-refractivity contribution in [2.45, 2.75) is 6.92 Å². The lowest BCUT2D eigenvalue weighted by Gasteiger charge is -2.10. The minimum absolute atomic E-state index is 0.0979. The van der Waals surface area contributed by atoms with Gasteiger partial charge in [0.25, 0.3) is 11.8 Å². The number of aryl methyl sites for hydroxylation is 1. The van der Waals surface area contributed by atoms with Crippen molar-refractivity contribution in [2.75, 3.05) is 17.2 Å². The van der Waals surface area contributed by atoms with Crippen molar-refractivity contribution in [3.8, 4) is 0 Å². The Labute approximate surface area is 159 Å². The van der Waals surface area contributed by atoms with E-state index >= 15 is 0 Å². The van der Waals surface area contributed by atoms with Gasteiger partial charge in [-0.1, -0.05) is 12.1 Å². The average Bonchev–Trinajstić information content (AvgIpc) is 3.21. The third-order valence-corrected chi connectivity index (χ3v) is 3.52. The molecule has 142 valence electrons. The number of amides is 2. The first kappa shape index (κ1) is 18.8. The summed E-state index contributed by atoms with van der Waals surface area (Å²) in [4.78, 5) is 44.3. The molecule has 0 saturated heterocycles. The van der Waals surface area contributed by atoms with Crippen molar-refractivity contribution in [1.29, 1.82) is 0 Å².